The zero-order valence-corrected chi connectivity index (χ0v) is 11.4. The molecule has 96 valence electrons. The second-order valence-corrected chi connectivity index (χ2v) is 4.43. The molecule has 2 heteroatoms. The second-order valence-electron chi connectivity index (χ2n) is 4.43. The molecule has 0 saturated carbocycles. The van der Waals surface area contributed by atoms with E-state index in [4.69, 9.17) is 5.73 Å². The van der Waals surface area contributed by atoms with Crippen molar-refractivity contribution in [1.29, 1.82) is 0 Å². The van der Waals surface area contributed by atoms with Gasteiger partial charge in [0.2, 0.25) is 0 Å². The van der Waals surface area contributed by atoms with Gasteiger partial charge in [-0.1, -0.05) is 45.0 Å². The van der Waals surface area contributed by atoms with Crippen LogP contribution in [-0.2, 0) is 12.0 Å². The van der Waals surface area contributed by atoms with E-state index in [1.54, 1.807) is 0 Å². The topological polar surface area (TPSA) is 38.0 Å². The first-order chi connectivity index (χ1) is 8.32. The van der Waals surface area contributed by atoms with Crippen LogP contribution in [0.2, 0.25) is 0 Å². The molecule has 0 amide bonds. The van der Waals surface area contributed by atoms with Crippen molar-refractivity contribution in [2.75, 3.05) is 13.1 Å². The Labute approximate surface area is 106 Å². The molecule has 1 heterocycles. The molecule has 1 unspecified atom stereocenters. The average molecular weight is 234 g/mol. The maximum atomic E-state index is 5.75. The van der Waals surface area contributed by atoms with Crippen molar-refractivity contribution in [3.8, 4) is 0 Å². The van der Waals surface area contributed by atoms with Gasteiger partial charge in [0.1, 0.15) is 0 Å². The fraction of sp³-hybridized carbons (Fsp3) is 0.600. The molecule has 0 spiro atoms. The summed E-state index contributed by atoms with van der Waals surface area (Å²) in [6.45, 7) is 9.10. The van der Waals surface area contributed by atoms with Crippen molar-refractivity contribution in [1.82, 2.24) is 5.32 Å². The third-order valence-corrected chi connectivity index (χ3v) is 3.67. The van der Waals surface area contributed by atoms with Crippen LogP contribution in [0.15, 0.2) is 24.3 Å². The van der Waals surface area contributed by atoms with E-state index in [0.717, 1.165) is 32.5 Å². The predicted molar refractivity (Wildman–Crippen MR) is 75.1 cm³/mol. The average Bonchev–Trinajstić information content (AvgIpc) is 2.42. The monoisotopic (exact) mass is 234 g/mol. The number of benzene rings is 1. The summed E-state index contributed by atoms with van der Waals surface area (Å²) >= 11 is 0. The Balaban J connectivity index is 0.000000686. The van der Waals surface area contributed by atoms with Crippen LogP contribution in [0.25, 0.3) is 0 Å². The van der Waals surface area contributed by atoms with Crippen molar-refractivity contribution >= 4 is 0 Å². The highest BCUT2D eigenvalue weighted by atomic mass is 14.9. The van der Waals surface area contributed by atoms with Crippen molar-refractivity contribution in [2.45, 2.75) is 45.6 Å². The van der Waals surface area contributed by atoms with Gasteiger partial charge in [-0.3, -0.25) is 0 Å². The zero-order valence-electron chi connectivity index (χ0n) is 11.4. The maximum Gasteiger partial charge on any atom is 0.0208 e. The van der Waals surface area contributed by atoms with Crippen LogP contribution < -0.4 is 11.1 Å². The lowest BCUT2D eigenvalue weighted by atomic mass is 9.71. The second kappa shape index (κ2) is 6.77. The lowest BCUT2D eigenvalue weighted by Crippen LogP contribution is -2.44. The van der Waals surface area contributed by atoms with Crippen LogP contribution in [-0.4, -0.2) is 13.1 Å². The molecule has 1 aliphatic heterocycles. The van der Waals surface area contributed by atoms with Crippen LogP contribution in [0.4, 0.5) is 0 Å². The van der Waals surface area contributed by atoms with Crippen LogP contribution in [0.1, 0.15) is 44.7 Å². The fourth-order valence-corrected chi connectivity index (χ4v) is 2.72. The van der Waals surface area contributed by atoms with Gasteiger partial charge in [-0.25, -0.2) is 0 Å². The molecule has 0 fully saturated rings. The normalized spacial score (nSPS) is 22.4. The molecule has 2 nitrogen and oxygen atoms in total. The van der Waals surface area contributed by atoms with E-state index >= 15 is 0 Å². The Morgan fingerprint density at radius 2 is 2.00 bits per heavy atom. The van der Waals surface area contributed by atoms with Gasteiger partial charge in [0, 0.05) is 18.5 Å². The van der Waals surface area contributed by atoms with Gasteiger partial charge in [-0.15, -0.1) is 0 Å². The molecular formula is C15H26N2. The first kappa shape index (κ1) is 14.2. The highest BCUT2D eigenvalue weighted by Crippen LogP contribution is 2.35. The molecular weight excluding hydrogens is 208 g/mol. The minimum absolute atomic E-state index is 0.267. The molecule has 0 aliphatic carbocycles. The Kier molecular flexibility index (Phi) is 5.66. The first-order valence-corrected chi connectivity index (χ1v) is 6.81. The lowest BCUT2D eigenvalue weighted by molar-refractivity contribution is 0.336. The summed E-state index contributed by atoms with van der Waals surface area (Å²) in [7, 11) is 0. The molecule has 1 atom stereocenters. The molecule has 0 aromatic heterocycles. The van der Waals surface area contributed by atoms with Crippen molar-refractivity contribution in [3.05, 3.63) is 35.4 Å². The summed E-state index contributed by atoms with van der Waals surface area (Å²) in [4.78, 5) is 0. The van der Waals surface area contributed by atoms with Gasteiger partial charge in [0.25, 0.3) is 0 Å². The Hall–Kier alpha value is -0.860. The van der Waals surface area contributed by atoms with Crippen LogP contribution >= 0.6 is 0 Å². The highest BCUT2D eigenvalue weighted by molar-refractivity contribution is 5.37. The molecule has 2 rings (SSSR count). The Morgan fingerprint density at radius 3 is 2.65 bits per heavy atom. The summed E-state index contributed by atoms with van der Waals surface area (Å²) in [6, 6.07) is 8.76. The molecule has 0 radical (unpaired) electrons. The number of nitrogens with two attached hydrogens (primary N) is 1. The summed E-state index contributed by atoms with van der Waals surface area (Å²) in [6.07, 6.45) is 2.24. The van der Waals surface area contributed by atoms with Crippen LogP contribution in [0.5, 0.6) is 0 Å². The molecule has 1 aliphatic rings. The van der Waals surface area contributed by atoms with E-state index < -0.39 is 0 Å². The summed E-state index contributed by atoms with van der Waals surface area (Å²) < 4.78 is 0. The number of hydrogen-bond acceptors (Lipinski definition) is 2. The molecule has 0 bridgehead atoms. The standard InChI is InChI=1S/C13H20N2.C2H6/c1-2-13(7-8-14)10-15-9-11-5-3-4-6-12(11)13;1-2/h3-6,15H,2,7-10,14H2,1H3;1-2H3. The van der Waals surface area contributed by atoms with Gasteiger partial charge >= 0.3 is 0 Å². The van der Waals surface area contributed by atoms with Gasteiger partial charge < -0.3 is 11.1 Å². The van der Waals surface area contributed by atoms with Gasteiger partial charge in [0.15, 0.2) is 0 Å². The summed E-state index contributed by atoms with van der Waals surface area (Å²) in [5, 5.41) is 3.51. The van der Waals surface area contributed by atoms with E-state index in [-0.39, 0.29) is 5.41 Å². The molecule has 3 N–H and O–H groups in total. The SMILES string of the molecule is CC.CCC1(CCN)CNCc2ccccc21. The largest absolute Gasteiger partial charge is 0.330 e. The third kappa shape index (κ3) is 2.88. The van der Waals surface area contributed by atoms with Crippen LogP contribution in [0, 0.1) is 0 Å². The highest BCUT2D eigenvalue weighted by Gasteiger charge is 2.33. The van der Waals surface area contributed by atoms with E-state index in [1.807, 2.05) is 13.8 Å². The molecule has 17 heavy (non-hydrogen) atoms. The van der Waals surface area contributed by atoms with Crippen LogP contribution in [0.3, 0.4) is 0 Å². The number of fused-ring (bicyclic) bond motifs is 1. The first-order valence-electron chi connectivity index (χ1n) is 6.81. The van der Waals surface area contributed by atoms with E-state index in [2.05, 4.69) is 36.5 Å². The number of nitrogens with one attached hydrogen (secondary N) is 1. The Bertz CT molecular complexity index is 335. The number of hydrogen-bond donors (Lipinski definition) is 2. The van der Waals surface area contributed by atoms with Crippen molar-refractivity contribution in [2.24, 2.45) is 5.73 Å². The minimum Gasteiger partial charge on any atom is -0.330 e. The zero-order chi connectivity index (χ0) is 12.7. The smallest absolute Gasteiger partial charge is 0.0208 e. The van der Waals surface area contributed by atoms with Crippen molar-refractivity contribution < 1.29 is 0 Å². The molecule has 1 aromatic rings. The van der Waals surface area contributed by atoms with Gasteiger partial charge in [-0.2, -0.15) is 0 Å². The summed E-state index contributed by atoms with van der Waals surface area (Å²) in [5.41, 5.74) is 8.97. The molecule has 1 aromatic carbocycles. The van der Waals surface area contributed by atoms with E-state index in [0.29, 0.717) is 0 Å². The molecule has 0 saturated heterocycles. The fourth-order valence-electron chi connectivity index (χ4n) is 2.72. The summed E-state index contributed by atoms with van der Waals surface area (Å²) in [5.74, 6) is 0. The van der Waals surface area contributed by atoms with E-state index in [9.17, 15) is 0 Å². The van der Waals surface area contributed by atoms with Gasteiger partial charge in [-0.05, 0) is 30.5 Å². The van der Waals surface area contributed by atoms with Gasteiger partial charge in [0.05, 0.1) is 0 Å². The quantitative estimate of drug-likeness (QED) is 0.844. The minimum atomic E-state index is 0.267. The number of rotatable bonds is 3. The van der Waals surface area contributed by atoms with E-state index in [1.165, 1.54) is 11.1 Å². The predicted octanol–water partition coefficient (Wildman–Crippen LogP) is 2.81. The third-order valence-electron chi connectivity index (χ3n) is 3.67. The lowest BCUT2D eigenvalue weighted by Gasteiger charge is -2.39. The van der Waals surface area contributed by atoms with Crippen molar-refractivity contribution in [3.63, 3.8) is 0 Å². The maximum absolute atomic E-state index is 5.75. The Morgan fingerprint density at radius 1 is 1.29 bits per heavy atom.